The van der Waals surface area contributed by atoms with Crippen LogP contribution in [0.1, 0.15) is 12.8 Å². The molecule has 1 fully saturated rings. The molecule has 1 unspecified atom stereocenters. The van der Waals surface area contributed by atoms with Gasteiger partial charge in [0.2, 0.25) is 5.91 Å². The van der Waals surface area contributed by atoms with Gasteiger partial charge in [0, 0.05) is 23.8 Å². The molecule has 2 rings (SSSR count). The van der Waals surface area contributed by atoms with Crippen LogP contribution in [0.15, 0.2) is 23.1 Å². The third kappa shape index (κ3) is 3.03. The summed E-state index contributed by atoms with van der Waals surface area (Å²) < 4.78 is 12.1. The Kier molecular flexibility index (Phi) is 3.92. The maximum absolute atomic E-state index is 12.1. The van der Waals surface area contributed by atoms with Crippen molar-refractivity contribution in [1.29, 1.82) is 0 Å². The fraction of sp³-hybridized carbons (Fsp3) is 0.417. The first-order chi connectivity index (χ1) is 8.49. The summed E-state index contributed by atoms with van der Waals surface area (Å²) in [6.07, 6.45) is 2.07. The molecule has 1 aliphatic carbocycles. The summed E-state index contributed by atoms with van der Waals surface area (Å²) in [5.74, 6) is -0.160. The first-order valence-corrected chi connectivity index (χ1v) is 7.38. The van der Waals surface area contributed by atoms with Crippen LogP contribution in [0, 0.1) is 0 Å². The van der Waals surface area contributed by atoms with E-state index >= 15 is 0 Å². The van der Waals surface area contributed by atoms with Crippen molar-refractivity contribution in [3.05, 3.63) is 23.2 Å². The normalized spacial score (nSPS) is 16.3. The molecule has 1 atom stereocenters. The fourth-order valence-electron chi connectivity index (χ4n) is 1.66. The third-order valence-corrected chi connectivity index (χ3v) is 4.55. The molecule has 98 valence electrons. The Labute approximate surface area is 114 Å². The molecule has 0 aromatic heterocycles. The molecule has 0 spiro atoms. The van der Waals surface area contributed by atoms with E-state index in [1.165, 1.54) is 0 Å². The maximum atomic E-state index is 12.1. The van der Waals surface area contributed by atoms with E-state index in [1.54, 1.807) is 30.1 Å². The number of benzene rings is 1. The summed E-state index contributed by atoms with van der Waals surface area (Å²) in [7, 11) is 0.303. The lowest BCUT2D eigenvalue weighted by Gasteiger charge is -2.16. The number of anilines is 1. The molecule has 0 radical (unpaired) electrons. The second kappa shape index (κ2) is 5.28. The van der Waals surface area contributed by atoms with E-state index in [0.29, 0.717) is 21.6 Å². The summed E-state index contributed by atoms with van der Waals surface area (Å²) in [4.78, 5) is 14.0. The Hall–Kier alpha value is -1.07. The minimum atomic E-state index is -1.45. The number of hydrogen-bond acceptors (Lipinski definition) is 3. The number of nitrogens with zero attached hydrogens (tertiary/aromatic N) is 1. The molecule has 2 N–H and O–H groups in total. The van der Waals surface area contributed by atoms with Gasteiger partial charge in [0.15, 0.2) is 0 Å². The van der Waals surface area contributed by atoms with Crippen LogP contribution in [0.4, 0.5) is 5.69 Å². The molecule has 0 aliphatic heterocycles. The number of nitrogen functional groups attached to an aromatic ring is 1. The molecular weight excluding hydrogens is 272 g/mol. The van der Waals surface area contributed by atoms with Gasteiger partial charge in [-0.2, -0.15) is 0 Å². The van der Waals surface area contributed by atoms with Crippen LogP contribution in [-0.2, 0) is 15.6 Å². The average molecular weight is 287 g/mol. The molecule has 1 aliphatic rings. The summed E-state index contributed by atoms with van der Waals surface area (Å²) >= 11 is 5.84. The maximum Gasteiger partial charge on any atom is 0.235 e. The zero-order valence-electron chi connectivity index (χ0n) is 10.1. The smallest absolute Gasteiger partial charge is 0.235 e. The largest absolute Gasteiger partial charge is 0.398 e. The first-order valence-electron chi connectivity index (χ1n) is 5.68. The van der Waals surface area contributed by atoms with E-state index in [1.807, 2.05) is 0 Å². The molecule has 1 aromatic carbocycles. The van der Waals surface area contributed by atoms with Gasteiger partial charge in [-0.15, -0.1) is 0 Å². The quantitative estimate of drug-likeness (QED) is 0.856. The van der Waals surface area contributed by atoms with Gasteiger partial charge >= 0.3 is 0 Å². The molecule has 0 saturated heterocycles. The lowest BCUT2D eigenvalue weighted by Crippen LogP contribution is -2.32. The lowest BCUT2D eigenvalue weighted by atomic mass is 10.3. The van der Waals surface area contributed by atoms with Gasteiger partial charge < -0.3 is 10.6 Å². The topological polar surface area (TPSA) is 63.4 Å². The number of halogens is 1. The predicted octanol–water partition coefficient (Wildman–Crippen LogP) is 1.65. The molecule has 18 heavy (non-hydrogen) atoms. The molecule has 0 bridgehead atoms. The number of carbonyl (C=O) groups is 1. The van der Waals surface area contributed by atoms with Crippen molar-refractivity contribution >= 4 is 34.0 Å². The highest BCUT2D eigenvalue weighted by atomic mass is 35.5. The Morgan fingerprint density at radius 1 is 1.56 bits per heavy atom. The van der Waals surface area contributed by atoms with E-state index in [2.05, 4.69) is 0 Å². The summed E-state index contributed by atoms with van der Waals surface area (Å²) in [5.41, 5.74) is 6.14. The number of amides is 1. The zero-order valence-corrected chi connectivity index (χ0v) is 11.6. The third-order valence-electron chi connectivity index (χ3n) is 2.96. The van der Waals surface area contributed by atoms with Crippen LogP contribution >= 0.6 is 11.6 Å². The van der Waals surface area contributed by atoms with Crippen molar-refractivity contribution in [3.8, 4) is 0 Å². The average Bonchev–Trinajstić information content (AvgIpc) is 3.15. The number of nitrogens with two attached hydrogens (primary N) is 1. The minimum Gasteiger partial charge on any atom is -0.398 e. The van der Waals surface area contributed by atoms with Crippen LogP contribution in [0.25, 0.3) is 0 Å². The van der Waals surface area contributed by atoms with Crippen molar-refractivity contribution in [1.82, 2.24) is 4.90 Å². The Morgan fingerprint density at radius 2 is 2.22 bits per heavy atom. The first kappa shape index (κ1) is 13.4. The molecule has 0 heterocycles. The van der Waals surface area contributed by atoms with Crippen LogP contribution in [0.2, 0.25) is 5.02 Å². The van der Waals surface area contributed by atoms with E-state index in [-0.39, 0.29) is 11.7 Å². The molecule has 1 aromatic rings. The van der Waals surface area contributed by atoms with Crippen LogP contribution < -0.4 is 5.73 Å². The van der Waals surface area contributed by atoms with E-state index in [4.69, 9.17) is 17.3 Å². The van der Waals surface area contributed by atoms with E-state index in [9.17, 15) is 9.00 Å². The van der Waals surface area contributed by atoms with Gasteiger partial charge in [-0.05, 0) is 31.0 Å². The summed E-state index contributed by atoms with van der Waals surface area (Å²) in [5, 5.41) is 0.468. The zero-order chi connectivity index (χ0) is 13.3. The van der Waals surface area contributed by atoms with E-state index in [0.717, 1.165) is 12.8 Å². The van der Waals surface area contributed by atoms with Crippen molar-refractivity contribution in [2.45, 2.75) is 23.8 Å². The predicted molar refractivity (Wildman–Crippen MR) is 72.9 cm³/mol. The number of hydrogen-bond donors (Lipinski definition) is 1. The van der Waals surface area contributed by atoms with Crippen molar-refractivity contribution < 1.29 is 9.00 Å². The van der Waals surface area contributed by atoms with Crippen molar-refractivity contribution in [2.24, 2.45) is 0 Å². The Balaban J connectivity index is 2.07. The second-order valence-electron chi connectivity index (χ2n) is 4.41. The molecule has 4 nitrogen and oxygen atoms in total. The number of rotatable bonds is 4. The highest BCUT2D eigenvalue weighted by Crippen LogP contribution is 2.26. The molecular formula is C12H15ClN2O2S. The van der Waals surface area contributed by atoms with Gasteiger partial charge in [0.1, 0.15) is 5.75 Å². The van der Waals surface area contributed by atoms with Gasteiger partial charge in [0.25, 0.3) is 0 Å². The van der Waals surface area contributed by atoms with Gasteiger partial charge in [-0.3, -0.25) is 9.00 Å². The fourth-order valence-corrected chi connectivity index (χ4v) is 3.07. The molecule has 6 heteroatoms. The van der Waals surface area contributed by atoms with Gasteiger partial charge in [-0.1, -0.05) is 11.6 Å². The standard InChI is InChI=1S/C12H15ClN2O2S/c1-15(9-3-4-9)12(16)7-18(17)11-6-8(13)2-5-10(11)14/h2,5-6,9H,3-4,7,14H2,1H3. The SMILES string of the molecule is CN(C(=O)CS(=O)c1cc(Cl)ccc1N)C1CC1. The van der Waals surface area contributed by atoms with Crippen LogP contribution in [-0.4, -0.2) is 33.9 Å². The molecule has 1 saturated carbocycles. The Morgan fingerprint density at radius 3 is 2.83 bits per heavy atom. The summed E-state index contributed by atoms with van der Waals surface area (Å²) in [6, 6.07) is 5.11. The lowest BCUT2D eigenvalue weighted by molar-refractivity contribution is -0.127. The Bertz CT molecular complexity index is 503. The minimum absolute atomic E-state index is 0.0441. The van der Waals surface area contributed by atoms with Gasteiger partial charge in [0.05, 0.1) is 15.7 Å². The van der Waals surface area contributed by atoms with Crippen molar-refractivity contribution in [2.75, 3.05) is 18.5 Å². The van der Waals surface area contributed by atoms with E-state index < -0.39 is 10.8 Å². The highest BCUT2D eigenvalue weighted by molar-refractivity contribution is 7.86. The molecule has 1 amide bonds. The highest BCUT2D eigenvalue weighted by Gasteiger charge is 2.30. The van der Waals surface area contributed by atoms with Crippen molar-refractivity contribution in [3.63, 3.8) is 0 Å². The monoisotopic (exact) mass is 286 g/mol. The summed E-state index contributed by atoms with van der Waals surface area (Å²) in [6.45, 7) is 0. The second-order valence-corrected chi connectivity index (χ2v) is 6.26. The number of carbonyl (C=O) groups excluding carboxylic acids is 1. The van der Waals surface area contributed by atoms with Crippen LogP contribution in [0.5, 0.6) is 0 Å². The van der Waals surface area contributed by atoms with Gasteiger partial charge in [-0.25, -0.2) is 0 Å². The van der Waals surface area contributed by atoms with Crippen LogP contribution in [0.3, 0.4) is 0 Å².